The van der Waals surface area contributed by atoms with Crippen molar-refractivity contribution in [2.75, 3.05) is 26.1 Å². The lowest BCUT2D eigenvalue weighted by atomic mass is 9.80. The van der Waals surface area contributed by atoms with E-state index in [1.165, 1.54) is 6.33 Å². The molecule has 49 heavy (non-hydrogen) atoms. The predicted molar refractivity (Wildman–Crippen MR) is 185 cm³/mol. The number of benzene rings is 4. The number of carbonyl (C=O) groups is 1. The van der Waals surface area contributed by atoms with E-state index in [1.54, 1.807) is 49.4 Å². The SMILES string of the molecule is COc1ccc(C(OC[C@H]2C[C@@H](n3cnc4c(NC(=O)c5ccccc5)ncnc43)[C@@H](F)C2)(c2ccccc2)c2ccc(OC)cc2)cc1. The number of nitrogens with zero attached hydrogens (tertiary/aromatic N) is 4. The van der Waals surface area contributed by atoms with Crippen molar-refractivity contribution in [2.24, 2.45) is 5.92 Å². The summed E-state index contributed by atoms with van der Waals surface area (Å²) in [5, 5.41) is 2.83. The van der Waals surface area contributed by atoms with Crippen LogP contribution in [0.4, 0.5) is 10.2 Å². The average molecular weight is 658 g/mol. The second kappa shape index (κ2) is 13.9. The Labute approximate surface area is 283 Å². The highest BCUT2D eigenvalue weighted by Crippen LogP contribution is 2.45. The Morgan fingerprint density at radius 3 is 2.00 bits per heavy atom. The molecule has 1 aliphatic carbocycles. The first-order valence-corrected chi connectivity index (χ1v) is 16.2. The summed E-state index contributed by atoms with van der Waals surface area (Å²) in [6.07, 6.45) is 2.61. The molecule has 2 heterocycles. The van der Waals surface area contributed by atoms with Gasteiger partial charge in [0.2, 0.25) is 0 Å². The third kappa shape index (κ3) is 6.23. The molecular weight excluding hydrogens is 621 g/mol. The number of alkyl halides is 1. The van der Waals surface area contributed by atoms with Crippen molar-refractivity contribution < 1.29 is 23.4 Å². The summed E-state index contributed by atoms with van der Waals surface area (Å²) in [5.74, 6) is 1.33. The van der Waals surface area contributed by atoms with Crippen LogP contribution in [-0.4, -0.2) is 52.4 Å². The summed E-state index contributed by atoms with van der Waals surface area (Å²) in [6.45, 7) is 0.296. The molecule has 0 spiro atoms. The molecule has 1 aliphatic rings. The average Bonchev–Trinajstić information content (AvgIpc) is 3.76. The second-order valence-corrected chi connectivity index (χ2v) is 12.1. The molecule has 248 valence electrons. The summed E-state index contributed by atoms with van der Waals surface area (Å²) >= 11 is 0. The number of rotatable bonds is 11. The summed E-state index contributed by atoms with van der Waals surface area (Å²) in [5.41, 5.74) is 3.14. The number of amides is 1. The maximum absolute atomic E-state index is 16.0. The number of carbonyl (C=O) groups excluding carboxylic acids is 1. The number of aromatic nitrogens is 4. The van der Waals surface area contributed by atoms with Gasteiger partial charge in [-0.3, -0.25) is 4.79 Å². The van der Waals surface area contributed by atoms with E-state index in [1.807, 2.05) is 72.8 Å². The minimum absolute atomic E-state index is 0.101. The van der Waals surface area contributed by atoms with Crippen molar-refractivity contribution in [3.8, 4) is 11.5 Å². The number of ether oxygens (including phenoxy) is 3. The van der Waals surface area contributed by atoms with Crippen LogP contribution in [0.15, 0.2) is 122 Å². The van der Waals surface area contributed by atoms with Crippen LogP contribution in [0, 0.1) is 5.92 Å². The van der Waals surface area contributed by atoms with E-state index in [-0.39, 0.29) is 17.6 Å². The molecule has 7 rings (SSSR count). The zero-order valence-electron chi connectivity index (χ0n) is 27.2. The fourth-order valence-corrected chi connectivity index (χ4v) is 6.76. The van der Waals surface area contributed by atoms with Gasteiger partial charge in [-0.05, 0) is 71.8 Å². The zero-order chi connectivity index (χ0) is 33.8. The normalized spacial score (nSPS) is 17.6. The number of halogens is 1. The van der Waals surface area contributed by atoms with Crippen LogP contribution in [0.2, 0.25) is 0 Å². The highest BCUT2D eigenvalue weighted by Gasteiger charge is 2.42. The number of fused-ring (bicyclic) bond motifs is 1. The Bertz CT molecular complexity index is 1970. The van der Waals surface area contributed by atoms with Crippen LogP contribution in [0.5, 0.6) is 11.5 Å². The van der Waals surface area contributed by atoms with Gasteiger partial charge in [-0.1, -0.05) is 72.8 Å². The van der Waals surface area contributed by atoms with Gasteiger partial charge in [0, 0.05) is 5.56 Å². The van der Waals surface area contributed by atoms with Gasteiger partial charge in [0.15, 0.2) is 17.0 Å². The van der Waals surface area contributed by atoms with Crippen molar-refractivity contribution in [2.45, 2.75) is 30.7 Å². The fraction of sp³-hybridized carbons (Fsp3) is 0.231. The number of nitrogens with one attached hydrogen (secondary N) is 1. The highest BCUT2D eigenvalue weighted by atomic mass is 19.1. The van der Waals surface area contributed by atoms with Gasteiger partial charge in [-0.25, -0.2) is 19.3 Å². The number of hydrogen-bond acceptors (Lipinski definition) is 7. The van der Waals surface area contributed by atoms with Crippen molar-refractivity contribution in [3.05, 3.63) is 144 Å². The maximum Gasteiger partial charge on any atom is 0.256 e. The Hall–Kier alpha value is -5.61. The van der Waals surface area contributed by atoms with Gasteiger partial charge < -0.3 is 24.1 Å². The second-order valence-electron chi connectivity index (χ2n) is 12.1. The van der Waals surface area contributed by atoms with E-state index in [9.17, 15) is 4.79 Å². The molecular formula is C39H36FN5O4. The van der Waals surface area contributed by atoms with Crippen molar-refractivity contribution in [3.63, 3.8) is 0 Å². The van der Waals surface area contributed by atoms with E-state index in [0.717, 1.165) is 28.2 Å². The van der Waals surface area contributed by atoms with E-state index < -0.39 is 17.8 Å². The lowest BCUT2D eigenvalue weighted by molar-refractivity contribution is -0.00834. The molecule has 0 radical (unpaired) electrons. The Morgan fingerprint density at radius 1 is 0.796 bits per heavy atom. The first-order chi connectivity index (χ1) is 24.0. The minimum Gasteiger partial charge on any atom is -0.497 e. The molecule has 10 heteroatoms. The van der Waals surface area contributed by atoms with Gasteiger partial charge in [-0.15, -0.1) is 0 Å². The summed E-state index contributed by atoms with van der Waals surface area (Å²) in [6, 6.07) is 34.1. The molecule has 2 aromatic heterocycles. The highest BCUT2D eigenvalue weighted by molar-refractivity contribution is 6.06. The molecule has 1 amide bonds. The molecule has 9 nitrogen and oxygen atoms in total. The summed E-state index contributed by atoms with van der Waals surface area (Å²) in [4.78, 5) is 26.1. The van der Waals surface area contributed by atoms with Crippen LogP contribution in [0.3, 0.4) is 0 Å². The largest absolute Gasteiger partial charge is 0.497 e. The standard InChI is InChI=1S/C39H36FN5O4/c1-47-31-17-13-29(14-18-31)39(28-11-7-4-8-12-28,30-15-19-32(48-2)20-16-30)49-23-26-21-33(40)34(22-26)45-25-43-35-36(41-24-42-37(35)45)44-38(46)27-9-5-3-6-10-27/h3-20,24-26,33-34H,21-23H2,1-2H3,(H,41,42,44,46)/t26-,33+,34-/m1/s1. The number of hydrogen-bond donors (Lipinski definition) is 1. The monoisotopic (exact) mass is 657 g/mol. The van der Waals surface area contributed by atoms with Crippen LogP contribution < -0.4 is 14.8 Å². The van der Waals surface area contributed by atoms with Gasteiger partial charge in [0.1, 0.15) is 29.6 Å². The van der Waals surface area contributed by atoms with Gasteiger partial charge in [-0.2, -0.15) is 0 Å². The molecule has 0 unspecified atom stereocenters. The molecule has 0 bridgehead atoms. The van der Waals surface area contributed by atoms with Crippen molar-refractivity contribution in [1.29, 1.82) is 0 Å². The lowest BCUT2D eigenvalue weighted by Crippen LogP contribution is -2.34. The van der Waals surface area contributed by atoms with Crippen molar-refractivity contribution >= 4 is 22.9 Å². The Kier molecular flexibility index (Phi) is 9.04. The van der Waals surface area contributed by atoms with Gasteiger partial charge >= 0.3 is 0 Å². The van der Waals surface area contributed by atoms with E-state index in [4.69, 9.17) is 14.2 Å². The molecule has 0 saturated heterocycles. The third-order valence-corrected chi connectivity index (χ3v) is 9.24. The molecule has 6 aromatic rings. The molecule has 1 fully saturated rings. The van der Waals surface area contributed by atoms with Gasteiger partial charge in [0.25, 0.3) is 5.91 Å². The molecule has 1 N–H and O–H groups in total. The molecule has 3 atom stereocenters. The summed E-state index contributed by atoms with van der Waals surface area (Å²) < 4.78 is 35.7. The number of methoxy groups -OCH3 is 2. The van der Waals surface area contributed by atoms with Crippen LogP contribution in [0.25, 0.3) is 11.2 Å². The molecule has 0 aliphatic heterocycles. The first-order valence-electron chi connectivity index (χ1n) is 16.2. The third-order valence-electron chi connectivity index (χ3n) is 9.24. The number of imidazole rings is 1. The van der Waals surface area contributed by atoms with Crippen LogP contribution in [-0.2, 0) is 10.3 Å². The molecule has 4 aromatic carbocycles. The van der Waals surface area contributed by atoms with Gasteiger partial charge in [0.05, 0.1) is 33.2 Å². The minimum atomic E-state index is -1.16. The Balaban J connectivity index is 1.18. The Morgan fingerprint density at radius 2 is 1.39 bits per heavy atom. The van der Waals surface area contributed by atoms with E-state index in [2.05, 4.69) is 32.4 Å². The van der Waals surface area contributed by atoms with Crippen LogP contribution >= 0.6 is 0 Å². The fourth-order valence-electron chi connectivity index (χ4n) is 6.76. The van der Waals surface area contributed by atoms with Crippen molar-refractivity contribution in [1.82, 2.24) is 19.5 Å². The van der Waals surface area contributed by atoms with Crippen LogP contribution in [0.1, 0.15) is 45.9 Å². The van der Waals surface area contributed by atoms with E-state index in [0.29, 0.717) is 36.2 Å². The number of anilines is 1. The lowest BCUT2D eigenvalue weighted by Gasteiger charge is -2.37. The van der Waals surface area contributed by atoms with E-state index >= 15 is 4.39 Å². The topological polar surface area (TPSA) is 100 Å². The predicted octanol–water partition coefficient (Wildman–Crippen LogP) is 7.39. The quantitative estimate of drug-likeness (QED) is 0.145. The summed E-state index contributed by atoms with van der Waals surface area (Å²) in [7, 11) is 3.28. The maximum atomic E-state index is 16.0. The smallest absolute Gasteiger partial charge is 0.256 e. The zero-order valence-corrected chi connectivity index (χ0v) is 27.2. The molecule has 1 saturated carbocycles. The first kappa shape index (κ1) is 32.0.